The fourth-order valence-electron chi connectivity index (χ4n) is 3.62. The van der Waals surface area contributed by atoms with Crippen molar-refractivity contribution in [3.05, 3.63) is 59.4 Å². The first kappa shape index (κ1) is 22.9. The Kier molecular flexibility index (Phi) is 7.38. The Bertz CT molecular complexity index is 921. The van der Waals surface area contributed by atoms with E-state index in [0.29, 0.717) is 36.1 Å². The van der Waals surface area contributed by atoms with E-state index in [1.54, 1.807) is 49.1 Å². The molecule has 1 unspecified atom stereocenters. The maximum Gasteiger partial charge on any atom is 0.319 e. The van der Waals surface area contributed by atoms with Crippen LogP contribution in [0.2, 0.25) is 5.02 Å². The summed E-state index contributed by atoms with van der Waals surface area (Å²) in [7, 11) is 0. The summed E-state index contributed by atoms with van der Waals surface area (Å²) >= 11 is 5.91. The topological polar surface area (TPSA) is 70.7 Å². The highest BCUT2D eigenvalue weighted by atomic mass is 35.5. The molecule has 1 saturated heterocycles. The van der Waals surface area contributed by atoms with Crippen molar-refractivity contribution in [1.29, 1.82) is 0 Å². The number of rotatable bonds is 6. The van der Waals surface area contributed by atoms with Gasteiger partial charge in [0, 0.05) is 30.3 Å². The van der Waals surface area contributed by atoms with Crippen LogP contribution in [0.3, 0.4) is 0 Å². The van der Waals surface area contributed by atoms with E-state index in [2.05, 4.69) is 10.6 Å². The van der Waals surface area contributed by atoms with Gasteiger partial charge in [0.2, 0.25) is 0 Å². The summed E-state index contributed by atoms with van der Waals surface area (Å²) in [5.74, 6) is 0.188. The van der Waals surface area contributed by atoms with Crippen LogP contribution >= 0.6 is 11.6 Å². The van der Waals surface area contributed by atoms with Crippen LogP contribution in [0.1, 0.15) is 26.7 Å². The summed E-state index contributed by atoms with van der Waals surface area (Å²) in [5.41, 5.74) is -0.642. The molecule has 0 bridgehead atoms. The lowest BCUT2D eigenvalue weighted by atomic mass is 9.96. The van der Waals surface area contributed by atoms with Crippen molar-refractivity contribution >= 4 is 29.2 Å². The van der Waals surface area contributed by atoms with Gasteiger partial charge in [0.05, 0.1) is 0 Å². The number of hydrogen-bond donors (Lipinski definition) is 2. The highest BCUT2D eigenvalue weighted by molar-refractivity contribution is 6.30. The number of halogens is 2. The zero-order chi connectivity index (χ0) is 22.4. The van der Waals surface area contributed by atoms with Gasteiger partial charge in [0.1, 0.15) is 11.6 Å². The Morgan fingerprint density at radius 3 is 2.68 bits per heavy atom. The molecule has 166 valence electrons. The first-order valence-electron chi connectivity index (χ1n) is 10.3. The second kappa shape index (κ2) is 10.0. The largest absolute Gasteiger partial charge is 0.478 e. The number of piperidine rings is 1. The summed E-state index contributed by atoms with van der Waals surface area (Å²) in [6, 6.07) is 12.2. The van der Waals surface area contributed by atoms with Crippen LogP contribution in [0, 0.1) is 11.7 Å². The Balaban J connectivity index is 1.51. The third kappa shape index (κ3) is 6.59. The summed E-state index contributed by atoms with van der Waals surface area (Å²) < 4.78 is 19.2. The predicted octanol–water partition coefficient (Wildman–Crippen LogP) is 4.70. The highest BCUT2D eigenvalue weighted by Crippen LogP contribution is 2.25. The van der Waals surface area contributed by atoms with Crippen LogP contribution in [0.15, 0.2) is 48.5 Å². The van der Waals surface area contributed by atoms with Crippen molar-refractivity contribution in [2.75, 3.05) is 25.0 Å². The molecule has 2 N–H and O–H groups in total. The second-order valence-corrected chi connectivity index (χ2v) is 8.61. The molecule has 3 amide bonds. The normalized spacial score (nSPS) is 16.5. The molecule has 2 aromatic rings. The average Bonchev–Trinajstić information content (AvgIpc) is 2.73. The molecule has 0 saturated carbocycles. The van der Waals surface area contributed by atoms with Crippen molar-refractivity contribution < 1.29 is 18.7 Å². The van der Waals surface area contributed by atoms with E-state index in [9.17, 15) is 14.0 Å². The third-order valence-electron chi connectivity index (χ3n) is 5.14. The molecular formula is C23H27ClFN3O3. The number of anilines is 1. The van der Waals surface area contributed by atoms with E-state index in [1.165, 1.54) is 18.2 Å². The van der Waals surface area contributed by atoms with Crippen LogP contribution in [0.25, 0.3) is 0 Å². The summed E-state index contributed by atoms with van der Waals surface area (Å²) in [6.45, 7) is 5.10. The van der Waals surface area contributed by atoms with Crippen molar-refractivity contribution in [3.63, 3.8) is 0 Å². The minimum atomic E-state index is -1.03. The molecule has 31 heavy (non-hydrogen) atoms. The molecule has 1 aliphatic heterocycles. The average molecular weight is 448 g/mol. The monoisotopic (exact) mass is 447 g/mol. The van der Waals surface area contributed by atoms with Gasteiger partial charge >= 0.3 is 6.03 Å². The van der Waals surface area contributed by atoms with E-state index in [1.807, 2.05) is 0 Å². The number of amides is 3. The van der Waals surface area contributed by atoms with Crippen molar-refractivity contribution in [2.24, 2.45) is 5.92 Å². The molecule has 0 spiro atoms. The summed E-state index contributed by atoms with van der Waals surface area (Å²) in [6.07, 6.45) is 1.75. The van der Waals surface area contributed by atoms with Crippen molar-refractivity contribution in [2.45, 2.75) is 32.3 Å². The lowest BCUT2D eigenvalue weighted by molar-refractivity contribution is -0.147. The van der Waals surface area contributed by atoms with Crippen molar-refractivity contribution in [3.8, 4) is 5.75 Å². The number of likely N-dealkylation sites (tertiary alicyclic amines) is 1. The van der Waals surface area contributed by atoms with E-state index >= 15 is 0 Å². The standard InChI is InChI=1S/C23H27ClFN3O3/c1-23(2,31-20-10-8-17(24)9-11-20)21(29)28-12-4-5-16(15-28)14-26-22(30)27-19-7-3-6-18(25)13-19/h3,6-11,13,16H,4-5,12,14-15H2,1-2H3,(H2,26,27,30). The maximum absolute atomic E-state index is 13.2. The zero-order valence-electron chi connectivity index (χ0n) is 17.7. The number of carbonyl (C=O) groups is 2. The first-order chi connectivity index (χ1) is 14.7. The molecule has 0 aromatic heterocycles. The lowest BCUT2D eigenvalue weighted by Crippen LogP contribution is -2.53. The summed E-state index contributed by atoms with van der Waals surface area (Å²) in [5, 5.41) is 6.02. The van der Waals surface area contributed by atoms with E-state index < -0.39 is 17.4 Å². The predicted molar refractivity (Wildman–Crippen MR) is 119 cm³/mol. The van der Waals surface area contributed by atoms with Gasteiger partial charge in [-0.1, -0.05) is 17.7 Å². The van der Waals surface area contributed by atoms with E-state index in [-0.39, 0.29) is 11.8 Å². The van der Waals surface area contributed by atoms with Crippen LogP contribution < -0.4 is 15.4 Å². The smallest absolute Gasteiger partial charge is 0.319 e. The molecule has 8 heteroatoms. The van der Waals surface area contributed by atoms with Gasteiger partial charge in [-0.2, -0.15) is 0 Å². The van der Waals surface area contributed by atoms with Gasteiger partial charge in [-0.05, 0) is 75.1 Å². The molecule has 3 rings (SSSR count). The van der Waals surface area contributed by atoms with E-state index in [4.69, 9.17) is 16.3 Å². The third-order valence-corrected chi connectivity index (χ3v) is 5.39. The molecule has 1 atom stereocenters. The quantitative estimate of drug-likeness (QED) is 0.674. The van der Waals surface area contributed by atoms with Gasteiger partial charge in [0.15, 0.2) is 5.60 Å². The number of benzene rings is 2. The van der Waals surface area contributed by atoms with E-state index in [0.717, 1.165) is 12.8 Å². The van der Waals surface area contributed by atoms with Crippen LogP contribution in [0.5, 0.6) is 5.75 Å². The SMILES string of the molecule is CC(C)(Oc1ccc(Cl)cc1)C(=O)N1CCCC(CNC(=O)Nc2cccc(F)c2)C1. The number of carbonyl (C=O) groups excluding carboxylic acids is 2. The number of nitrogens with zero attached hydrogens (tertiary/aromatic N) is 1. The molecule has 1 heterocycles. The minimum Gasteiger partial charge on any atom is -0.478 e. The Morgan fingerprint density at radius 2 is 1.97 bits per heavy atom. The summed E-state index contributed by atoms with van der Waals surface area (Å²) in [4.78, 5) is 27.0. The lowest BCUT2D eigenvalue weighted by Gasteiger charge is -2.37. The Hall–Kier alpha value is -2.80. The maximum atomic E-state index is 13.2. The number of hydrogen-bond acceptors (Lipinski definition) is 3. The fraction of sp³-hybridized carbons (Fsp3) is 0.391. The van der Waals surface area contributed by atoms with Gasteiger partial charge in [-0.3, -0.25) is 4.79 Å². The Labute approximate surface area is 186 Å². The number of ether oxygens (including phenoxy) is 1. The van der Waals surface area contributed by atoms with Crippen LogP contribution in [-0.2, 0) is 4.79 Å². The van der Waals surface area contributed by atoms with Gasteiger partial charge in [-0.15, -0.1) is 0 Å². The molecule has 6 nitrogen and oxygen atoms in total. The minimum absolute atomic E-state index is 0.101. The Morgan fingerprint density at radius 1 is 1.23 bits per heavy atom. The van der Waals surface area contributed by atoms with Crippen LogP contribution in [0.4, 0.5) is 14.9 Å². The molecule has 2 aromatic carbocycles. The fourth-order valence-corrected chi connectivity index (χ4v) is 3.74. The van der Waals surface area contributed by atoms with Crippen molar-refractivity contribution in [1.82, 2.24) is 10.2 Å². The van der Waals surface area contributed by atoms with Crippen LogP contribution in [-0.4, -0.2) is 42.1 Å². The first-order valence-corrected chi connectivity index (χ1v) is 10.6. The molecule has 0 aliphatic carbocycles. The number of nitrogens with one attached hydrogen (secondary N) is 2. The molecule has 1 aliphatic rings. The van der Waals surface area contributed by atoms with Gasteiger partial charge < -0.3 is 20.3 Å². The number of urea groups is 1. The van der Waals surface area contributed by atoms with Gasteiger partial charge in [0.25, 0.3) is 5.91 Å². The van der Waals surface area contributed by atoms with Gasteiger partial charge in [-0.25, -0.2) is 9.18 Å². The molecular weight excluding hydrogens is 421 g/mol. The second-order valence-electron chi connectivity index (χ2n) is 8.17. The molecule has 0 radical (unpaired) electrons. The highest BCUT2D eigenvalue weighted by Gasteiger charge is 2.36. The molecule has 1 fully saturated rings. The zero-order valence-corrected chi connectivity index (χ0v) is 18.4.